The van der Waals surface area contributed by atoms with E-state index in [4.69, 9.17) is 9.62 Å². The molecule has 1 aromatic carbocycles. The van der Waals surface area contributed by atoms with Crippen LogP contribution < -0.4 is 4.74 Å². The molecule has 0 radical (unpaired) electrons. The summed E-state index contributed by atoms with van der Waals surface area (Å²) < 4.78 is 4.80. The highest BCUT2D eigenvalue weighted by molar-refractivity contribution is 5.62. The van der Waals surface area contributed by atoms with Crippen LogP contribution in [0.4, 0.5) is 4.79 Å². The zero-order valence-corrected chi connectivity index (χ0v) is 10.1. The minimum atomic E-state index is -0.983. The molecular weight excluding hydrogens is 224 g/mol. The van der Waals surface area contributed by atoms with E-state index in [1.54, 1.807) is 38.1 Å². The normalized spacial score (nSPS) is 11.0. The summed E-state index contributed by atoms with van der Waals surface area (Å²) in [5, 5.41) is 4.35. The summed E-state index contributed by atoms with van der Waals surface area (Å²) in [6, 6.07) is 8.53. The van der Waals surface area contributed by atoms with E-state index in [0.29, 0.717) is 12.2 Å². The van der Waals surface area contributed by atoms with E-state index in [1.807, 2.05) is 13.0 Å². The van der Waals surface area contributed by atoms with Gasteiger partial charge in [-0.15, -0.1) is 0 Å². The molecule has 5 nitrogen and oxygen atoms in total. The maximum atomic E-state index is 11.1. The Hall–Kier alpha value is -1.59. The summed E-state index contributed by atoms with van der Waals surface area (Å²) >= 11 is 0. The zero-order valence-electron chi connectivity index (χ0n) is 10.1. The molecule has 0 N–H and O–H groups in total. The van der Waals surface area contributed by atoms with Crippen LogP contribution in [0.3, 0.4) is 0 Å². The lowest BCUT2D eigenvalue weighted by molar-refractivity contribution is -0.515. The first-order valence-electron chi connectivity index (χ1n) is 5.33. The number of carbonyl (C=O) groups excluding carboxylic acids is 1. The van der Waals surface area contributed by atoms with Gasteiger partial charge in [0.15, 0.2) is 0 Å². The van der Waals surface area contributed by atoms with Gasteiger partial charge in [0.2, 0.25) is 0 Å². The van der Waals surface area contributed by atoms with E-state index < -0.39 is 11.8 Å². The van der Waals surface area contributed by atoms with Gasteiger partial charge in [0.05, 0.1) is 0 Å². The lowest BCUT2D eigenvalue weighted by Gasteiger charge is -2.19. The minimum absolute atomic E-state index is 0.371. The highest BCUT2D eigenvalue weighted by atomic mass is 17.5. The van der Waals surface area contributed by atoms with Crippen LogP contribution in [0.5, 0.6) is 5.75 Å². The van der Waals surface area contributed by atoms with Crippen molar-refractivity contribution in [3.8, 4) is 5.75 Å². The van der Waals surface area contributed by atoms with Crippen molar-refractivity contribution in [1.29, 1.82) is 0 Å². The molecule has 17 heavy (non-hydrogen) atoms. The SMILES string of the molecule is CCC(C)(C)OOOC(=O)Oc1ccccc1. The summed E-state index contributed by atoms with van der Waals surface area (Å²) in [5.41, 5.74) is -0.521. The number of hydrogen-bond acceptors (Lipinski definition) is 5. The molecule has 0 aliphatic heterocycles. The van der Waals surface area contributed by atoms with Crippen molar-refractivity contribution in [1.82, 2.24) is 0 Å². The summed E-state index contributed by atoms with van der Waals surface area (Å²) in [5.74, 6) is 0.371. The largest absolute Gasteiger partial charge is 0.548 e. The molecule has 1 rings (SSSR count). The third-order valence-corrected chi connectivity index (χ3v) is 2.16. The molecule has 0 aliphatic rings. The highest BCUT2D eigenvalue weighted by Crippen LogP contribution is 2.14. The molecule has 0 aliphatic carbocycles. The number of para-hydroxylation sites is 1. The van der Waals surface area contributed by atoms with Crippen LogP contribution in [0, 0.1) is 0 Å². The third-order valence-electron chi connectivity index (χ3n) is 2.16. The molecule has 5 heteroatoms. The van der Waals surface area contributed by atoms with Gasteiger partial charge in [-0.2, -0.15) is 4.89 Å². The second-order valence-corrected chi connectivity index (χ2v) is 4.01. The second kappa shape index (κ2) is 6.22. The Morgan fingerprint density at radius 1 is 1.24 bits per heavy atom. The van der Waals surface area contributed by atoms with Gasteiger partial charge < -0.3 is 4.74 Å². The molecule has 0 heterocycles. The van der Waals surface area contributed by atoms with Crippen molar-refractivity contribution in [3.05, 3.63) is 30.3 Å². The van der Waals surface area contributed by atoms with Gasteiger partial charge in [-0.3, -0.25) is 0 Å². The molecule has 1 aromatic rings. The van der Waals surface area contributed by atoms with Crippen molar-refractivity contribution in [3.63, 3.8) is 0 Å². The number of carbonyl (C=O) groups is 1. The van der Waals surface area contributed by atoms with Crippen LogP contribution in [0.2, 0.25) is 0 Å². The quantitative estimate of drug-likeness (QED) is 0.342. The monoisotopic (exact) mass is 240 g/mol. The van der Waals surface area contributed by atoms with E-state index in [1.165, 1.54) is 0 Å². The van der Waals surface area contributed by atoms with Crippen molar-refractivity contribution in [2.75, 3.05) is 0 Å². The number of rotatable bonds is 5. The Bertz CT molecular complexity index is 347. The van der Waals surface area contributed by atoms with Crippen molar-refractivity contribution < 1.29 is 24.3 Å². The lowest BCUT2D eigenvalue weighted by atomic mass is 10.1. The standard InChI is InChI=1S/C12H16O5/c1-4-12(2,3)16-17-15-11(13)14-10-8-6-5-7-9-10/h5-9H,4H2,1-3H3. The Morgan fingerprint density at radius 2 is 1.88 bits per heavy atom. The van der Waals surface area contributed by atoms with Crippen LogP contribution in [-0.4, -0.2) is 11.8 Å². The van der Waals surface area contributed by atoms with Crippen LogP contribution in [0.25, 0.3) is 0 Å². The van der Waals surface area contributed by atoms with Gasteiger partial charge in [0, 0.05) is 0 Å². The van der Waals surface area contributed by atoms with Crippen molar-refractivity contribution >= 4 is 6.16 Å². The fourth-order valence-electron chi connectivity index (χ4n) is 0.798. The summed E-state index contributed by atoms with van der Waals surface area (Å²) in [6.07, 6.45) is -0.271. The van der Waals surface area contributed by atoms with Gasteiger partial charge in [0.1, 0.15) is 11.4 Å². The summed E-state index contributed by atoms with van der Waals surface area (Å²) in [7, 11) is 0. The smallest absolute Gasteiger partial charge is 0.393 e. The Morgan fingerprint density at radius 3 is 2.47 bits per heavy atom. The zero-order chi connectivity index (χ0) is 12.7. The fourth-order valence-corrected chi connectivity index (χ4v) is 0.798. The molecule has 0 atom stereocenters. The van der Waals surface area contributed by atoms with Gasteiger partial charge >= 0.3 is 6.16 Å². The average Bonchev–Trinajstić information content (AvgIpc) is 2.30. The fraction of sp³-hybridized carbons (Fsp3) is 0.417. The van der Waals surface area contributed by atoms with Gasteiger partial charge in [-0.25, -0.2) is 9.68 Å². The summed E-state index contributed by atoms with van der Waals surface area (Å²) in [4.78, 5) is 20.3. The molecule has 0 saturated carbocycles. The Kier molecular flexibility index (Phi) is 4.93. The molecule has 0 saturated heterocycles. The van der Waals surface area contributed by atoms with Crippen LogP contribution in [0.1, 0.15) is 27.2 Å². The third kappa shape index (κ3) is 5.33. The van der Waals surface area contributed by atoms with Gasteiger partial charge in [-0.05, 0) is 37.4 Å². The minimum Gasteiger partial charge on any atom is -0.393 e. The summed E-state index contributed by atoms with van der Waals surface area (Å²) in [6.45, 7) is 5.53. The maximum Gasteiger partial charge on any atom is 0.548 e. The number of hydrogen-bond donors (Lipinski definition) is 0. The van der Waals surface area contributed by atoms with E-state index in [-0.39, 0.29) is 0 Å². The topological polar surface area (TPSA) is 54.0 Å². The van der Waals surface area contributed by atoms with Crippen LogP contribution in [0.15, 0.2) is 30.3 Å². The first kappa shape index (κ1) is 13.5. The molecule has 0 aromatic heterocycles. The molecular formula is C12H16O5. The molecule has 0 unspecified atom stereocenters. The number of benzene rings is 1. The molecule has 0 fully saturated rings. The average molecular weight is 240 g/mol. The van der Waals surface area contributed by atoms with Crippen molar-refractivity contribution in [2.24, 2.45) is 0 Å². The van der Waals surface area contributed by atoms with E-state index >= 15 is 0 Å². The maximum absolute atomic E-state index is 11.1. The first-order chi connectivity index (χ1) is 8.03. The Labute approximate surface area is 100 Å². The predicted molar refractivity (Wildman–Crippen MR) is 60.1 cm³/mol. The molecule has 94 valence electrons. The van der Waals surface area contributed by atoms with Gasteiger partial charge in [-0.1, -0.05) is 25.1 Å². The van der Waals surface area contributed by atoms with E-state index in [2.05, 4.69) is 9.93 Å². The second-order valence-electron chi connectivity index (χ2n) is 4.01. The molecule has 0 spiro atoms. The first-order valence-corrected chi connectivity index (χ1v) is 5.33. The van der Waals surface area contributed by atoms with E-state index in [0.717, 1.165) is 0 Å². The van der Waals surface area contributed by atoms with Gasteiger partial charge in [0.25, 0.3) is 0 Å². The molecule has 0 amide bonds. The van der Waals surface area contributed by atoms with Crippen molar-refractivity contribution in [2.45, 2.75) is 32.8 Å². The molecule has 0 bridgehead atoms. The predicted octanol–water partition coefficient (Wildman–Crippen LogP) is 3.25. The van der Waals surface area contributed by atoms with E-state index in [9.17, 15) is 4.79 Å². The lowest BCUT2D eigenvalue weighted by Crippen LogP contribution is -2.24. The Balaban J connectivity index is 2.27. The van der Waals surface area contributed by atoms with Crippen LogP contribution >= 0.6 is 0 Å². The number of ether oxygens (including phenoxy) is 1. The van der Waals surface area contributed by atoms with Crippen LogP contribution in [-0.2, 0) is 14.8 Å². The highest BCUT2D eigenvalue weighted by Gasteiger charge is 2.19.